The Balaban J connectivity index is 1.84. The summed E-state index contributed by atoms with van der Waals surface area (Å²) in [6.07, 6.45) is 3.29. The van der Waals surface area contributed by atoms with E-state index in [1.54, 1.807) is 35.1 Å². The van der Waals surface area contributed by atoms with E-state index in [9.17, 15) is 4.79 Å². The number of hydrogen-bond donors (Lipinski definition) is 0. The standard InChI is InChI=1S/C21H22N4O3S/c1-3-5-13-29-21-22-19-18(23-24-21)14-9-6-7-10-15(14)25(17(26)4-2)20(28-19)16-11-8-12-27-16/h6-12,20H,3-5,13H2,1-2H3. The highest BCUT2D eigenvalue weighted by Gasteiger charge is 2.36. The van der Waals surface area contributed by atoms with Crippen molar-refractivity contribution >= 4 is 23.4 Å². The van der Waals surface area contributed by atoms with Crippen LogP contribution >= 0.6 is 11.8 Å². The van der Waals surface area contributed by atoms with E-state index in [0.717, 1.165) is 24.2 Å². The predicted octanol–water partition coefficient (Wildman–Crippen LogP) is 4.86. The SMILES string of the molecule is CCCCSc1nnc2c(n1)OC(c1ccco1)N(C(=O)CC)c1ccccc1-2. The van der Waals surface area contributed by atoms with Crippen LogP contribution in [0.2, 0.25) is 0 Å². The fraction of sp³-hybridized carbons (Fsp3) is 0.333. The monoisotopic (exact) mass is 410 g/mol. The van der Waals surface area contributed by atoms with Gasteiger partial charge in [0.15, 0.2) is 11.5 Å². The van der Waals surface area contributed by atoms with E-state index in [-0.39, 0.29) is 5.91 Å². The number of ether oxygens (including phenoxy) is 1. The lowest BCUT2D eigenvalue weighted by atomic mass is 10.1. The summed E-state index contributed by atoms with van der Waals surface area (Å²) in [5, 5.41) is 9.24. The van der Waals surface area contributed by atoms with Gasteiger partial charge >= 0.3 is 0 Å². The summed E-state index contributed by atoms with van der Waals surface area (Å²) in [6.45, 7) is 3.97. The molecule has 1 aromatic carbocycles. The van der Waals surface area contributed by atoms with Gasteiger partial charge in [-0.3, -0.25) is 9.69 Å². The number of benzene rings is 1. The first-order valence-electron chi connectivity index (χ1n) is 9.72. The van der Waals surface area contributed by atoms with Crippen molar-refractivity contribution in [2.75, 3.05) is 10.7 Å². The number of thioether (sulfide) groups is 1. The van der Waals surface area contributed by atoms with Crippen molar-refractivity contribution in [2.24, 2.45) is 0 Å². The highest BCUT2D eigenvalue weighted by Crippen LogP contribution is 2.43. The van der Waals surface area contributed by atoms with Crippen LogP contribution in [0.3, 0.4) is 0 Å². The zero-order valence-electron chi connectivity index (χ0n) is 16.4. The summed E-state index contributed by atoms with van der Waals surface area (Å²) in [5.74, 6) is 1.69. The molecule has 0 radical (unpaired) electrons. The first-order valence-corrected chi connectivity index (χ1v) is 10.7. The Kier molecular flexibility index (Phi) is 5.80. The molecule has 1 atom stereocenters. The molecule has 1 amide bonds. The lowest BCUT2D eigenvalue weighted by molar-refractivity contribution is -0.120. The summed E-state index contributed by atoms with van der Waals surface area (Å²) in [7, 11) is 0. The van der Waals surface area contributed by atoms with Gasteiger partial charge in [-0.2, -0.15) is 4.98 Å². The van der Waals surface area contributed by atoms with Crippen molar-refractivity contribution < 1.29 is 13.9 Å². The second-order valence-electron chi connectivity index (χ2n) is 6.57. The van der Waals surface area contributed by atoms with E-state index < -0.39 is 6.23 Å². The molecule has 0 N–H and O–H groups in total. The maximum absolute atomic E-state index is 12.9. The summed E-state index contributed by atoms with van der Waals surface area (Å²) in [5.41, 5.74) is 1.97. The van der Waals surface area contributed by atoms with Gasteiger partial charge in [-0.05, 0) is 24.6 Å². The summed E-state index contributed by atoms with van der Waals surface area (Å²) >= 11 is 1.55. The smallest absolute Gasteiger partial charge is 0.247 e. The third kappa shape index (κ3) is 3.85. The number of anilines is 1. The molecule has 29 heavy (non-hydrogen) atoms. The first-order chi connectivity index (χ1) is 14.2. The van der Waals surface area contributed by atoms with Crippen LogP contribution in [0.4, 0.5) is 5.69 Å². The summed E-state index contributed by atoms with van der Waals surface area (Å²) in [6, 6.07) is 11.1. The van der Waals surface area contributed by atoms with Crippen molar-refractivity contribution in [3.63, 3.8) is 0 Å². The van der Waals surface area contributed by atoms with Crippen molar-refractivity contribution in [3.8, 4) is 17.1 Å². The van der Waals surface area contributed by atoms with Crippen LogP contribution in [0.15, 0.2) is 52.2 Å². The minimum atomic E-state index is -0.773. The molecule has 3 heterocycles. The van der Waals surface area contributed by atoms with E-state index in [2.05, 4.69) is 22.1 Å². The Bertz CT molecular complexity index is 993. The molecule has 0 aliphatic carbocycles. The molecule has 1 aliphatic heterocycles. The molecule has 8 heteroatoms. The molecule has 2 aromatic heterocycles. The third-order valence-electron chi connectivity index (χ3n) is 4.60. The quantitative estimate of drug-likeness (QED) is 0.424. The Morgan fingerprint density at radius 2 is 2.03 bits per heavy atom. The lowest BCUT2D eigenvalue weighted by Crippen LogP contribution is -2.37. The number of rotatable bonds is 6. The number of nitrogens with zero attached hydrogens (tertiary/aromatic N) is 4. The molecule has 150 valence electrons. The van der Waals surface area contributed by atoms with Gasteiger partial charge in [0.25, 0.3) is 0 Å². The Morgan fingerprint density at radius 3 is 2.79 bits per heavy atom. The fourth-order valence-electron chi connectivity index (χ4n) is 3.14. The van der Waals surface area contributed by atoms with E-state index >= 15 is 0 Å². The summed E-state index contributed by atoms with van der Waals surface area (Å²) < 4.78 is 11.9. The van der Waals surface area contributed by atoms with Crippen LogP contribution in [0, 0.1) is 0 Å². The molecule has 4 rings (SSSR count). The zero-order chi connectivity index (χ0) is 20.2. The fourth-order valence-corrected chi connectivity index (χ4v) is 4.00. The van der Waals surface area contributed by atoms with Gasteiger partial charge in [0.05, 0.1) is 12.0 Å². The molecule has 0 spiro atoms. The number of fused-ring (bicyclic) bond motifs is 3. The number of carbonyl (C=O) groups excluding carboxylic acids is 1. The largest absolute Gasteiger partial charge is 0.463 e. The Morgan fingerprint density at radius 1 is 1.17 bits per heavy atom. The highest BCUT2D eigenvalue weighted by atomic mass is 32.2. The number of carbonyl (C=O) groups is 1. The van der Waals surface area contributed by atoms with Crippen molar-refractivity contribution in [1.82, 2.24) is 15.2 Å². The molecule has 0 saturated carbocycles. The van der Waals surface area contributed by atoms with Gasteiger partial charge in [0.1, 0.15) is 0 Å². The topological polar surface area (TPSA) is 81.3 Å². The molecule has 1 aliphatic rings. The Hall–Kier alpha value is -2.87. The highest BCUT2D eigenvalue weighted by molar-refractivity contribution is 7.99. The third-order valence-corrected chi connectivity index (χ3v) is 5.52. The second kappa shape index (κ2) is 8.65. The van der Waals surface area contributed by atoms with Gasteiger partial charge in [-0.15, -0.1) is 10.2 Å². The van der Waals surface area contributed by atoms with E-state index in [1.807, 2.05) is 31.2 Å². The molecule has 3 aromatic rings. The van der Waals surface area contributed by atoms with E-state index in [4.69, 9.17) is 9.15 Å². The van der Waals surface area contributed by atoms with Crippen LogP contribution in [-0.2, 0) is 4.79 Å². The first kappa shape index (κ1) is 19.4. The number of amides is 1. The minimum Gasteiger partial charge on any atom is -0.463 e. The molecule has 0 bridgehead atoms. The molecule has 0 saturated heterocycles. The number of furan rings is 1. The zero-order valence-corrected chi connectivity index (χ0v) is 17.2. The van der Waals surface area contributed by atoms with Crippen LogP contribution in [0.5, 0.6) is 5.88 Å². The molecular formula is C21H22N4O3S. The van der Waals surface area contributed by atoms with Gasteiger partial charge in [0.2, 0.25) is 23.2 Å². The van der Waals surface area contributed by atoms with Gasteiger partial charge in [-0.1, -0.05) is 50.2 Å². The predicted molar refractivity (Wildman–Crippen MR) is 111 cm³/mol. The van der Waals surface area contributed by atoms with Crippen LogP contribution < -0.4 is 9.64 Å². The molecule has 7 nitrogen and oxygen atoms in total. The van der Waals surface area contributed by atoms with Crippen molar-refractivity contribution in [2.45, 2.75) is 44.5 Å². The lowest BCUT2D eigenvalue weighted by Gasteiger charge is -2.28. The van der Waals surface area contributed by atoms with Gasteiger partial charge < -0.3 is 9.15 Å². The van der Waals surface area contributed by atoms with Crippen molar-refractivity contribution in [3.05, 3.63) is 48.4 Å². The molecular weight excluding hydrogens is 388 g/mol. The van der Waals surface area contributed by atoms with Gasteiger partial charge in [0, 0.05) is 17.7 Å². The normalized spacial score (nSPS) is 15.2. The van der Waals surface area contributed by atoms with Crippen LogP contribution in [0.25, 0.3) is 11.3 Å². The number of hydrogen-bond acceptors (Lipinski definition) is 7. The minimum absolute atomic E-state index is 0.0860. The maximum Gasteiger partial charge on any atom is 0.247 e. The van der Waals surface area contributed by atoms with Crippen LogP contribution in [0.1, 0.15) is 45.1 Å². The molecule has 1 unspecified atom stereocenters. The van der Waals surface area contributed by atoms with Gasteiger partial charge in [-0.25, -0.2) is 0 Å². The average Bonchev–Trinajstić information content (AvgIpc) is 3.24. The number of unbranched alkanes of at least 4 members (excludes halogenated alkanes) is 1. The van der Waals surface area contributed by atoms with Crippen LogP contribution in [-0.4, -0.2) is 26.8 Å². The summed E-state index contributed by atoms with van der Waals surface area (Å²) in [4.78, 5) is 19.1. The van der Waals surface area contributed by atoms with Crippen molar-refractivity contribution in [1.29, 1.82) is 0 Å². The second-order valence-corrected chi connectivity index (χ2v) is 7.63. The Labute approximate surface area is 173 Å². The van der Waals surface area contributed by atoms with E-state index in [1.165, 1.54) is 0 Å². The average molecular weight is 410 g/mol. The van der Waals surface area contributed by atoms with E-state index in [0.29, 0.717) is 34.6 Å². The maximum atomic E-state index is 12.9. The molecule has 0 fully saturated rings. The number of para-hydroxylation sites is 1. The number of aromatic nitrogens is 3.